The summed E-state index contributed by atoms with van der Waals surface area (Å²) in [7, 11) is 0. The number of hydrogen-bond acceptors (Lipinski definition) is 3. The summed E-state index contributed by atoms with van der Waals surface area (Å²) in [5, 5.41) is 4.33. The molecule has 6 heteroatoms. The van der Waals surface area contributed by atoms with Crippen LogP contribution in [0.1, 0.15) is 13.8 Å². The minimum absolute atomic E-state index is 0.224. The van der Waals surface area contributed by atoms with Crippen LogP contribution < -0.4 is 5.32 Å². The number of anilines is 1. The van der Waals surface area contributed by atoms with E-state index in [2.05, 4.69) is 15.3 Å². The van der Waals surface area contributed by atoms with Gasteiger partial charge in [0.05, 0.1) is 21.1 Å². The molecule has 0 saturated heterocycles. The molecule has 0 fully saturated rings. The number of rotatable bonds is 2. The van der Waals surface area contributed by atoms with Crippen LogP contribution in [0.5, 0.6) is 0 Å². The van der Waals surface area contributed by atoms with Gasteiger partial charge in [0.1, 0.15) is 0 Å². The van der Waals surface area contributed by atoms with Crippen molar-refractivity contribution in [2.75, 3.05) is 5.32 Å². The molecule has 1 aromatic heterocycles. The molecule has 2 rings (SSSR count). The Morgan fingerprint density at radius 2 is 1.53 bits per heavy atom. The molecule has 0 unspecified atom stereocenters. The van der Waals surface area contributed by atoms with E-state index in [0.29, 0.717) is 32.0 Å². The van der Waals surface area contributed by atoms with Crippen LogP contribution >= 0.6 is 34.8 Å². The van der Waals surface area contributed by atoms with E-state index in [1.165, 1.54) is 0 Å². The first-order valence-corrected chi connectivity index (χ1v) is 6.19. The van der Waals surface area contributed by atoms with Gasteiger partial charge in [0.25, 0.3) is 0 Å². The largest absolute Gasteiger partial charge is 0.365 e. The fourth-order valence-electron chi connectivity index (χ4n) is 1.40. The number of hydrogen-bond donors (Lipinski definition) is 1. The van der Waals surface area contributed by atoms with Crippen LogP contribution in [0, 0.1) is 0 Å². The van der Waals surface area contributed by atoms with Gasteiger partial charge in [-0.15, -0.1) is 0 Å². The Kier molecular flexibility index (Phi) is 3.61. The summed E-state index contributed by atoms with van der Waals surface area (Å²) in [4.78, 5) is 8.60. The average molecular weight is 291 g/mol. The van der Waals surface area contributed by atoms with E-state index in [0.717, 1.165) is 0 Å². The molecule has 0 aliphatic heterocycles. The van der Waals surface area contributed by atoms with Gasteiger partial charge in [-0.1, -0.05) is 34.8 Å². The summed E-state index contributed by atoms with van der Waals surface area (Å²) in [6, 6.07) is 3.55. The molecule has 0 amide bonds. The van der Waals surface area contributed by atoms with Gasteiger partial charge in [0, 0.05) is 6.04 Å². The molecule has 0 spiro atoms. The van der Waals surface area contributed by atoms with Crippen LogP contribution in [0.2, 0.25) is 15.2 Å². The molecule has 0 atom stereocenters. The summed E-state index contributed by atoms with van der Waals surface area (Å²) in [6.45, 7) is 3.99. The first-order valence-electron chi connectivity index (χ1n) is 5.06. The predicted octanol–water partition coefficient (Wildman–Crippen LogP) is 4.41. The monoisotopic (exact) mass is 289 g/mol. The van der Waals surface area contributed by atoms with E-state index in [1.54, 1.807) is 12.1 Å². The van der Waals surface area contributed by atoms with E-state index in [4.69, 9.17) is 34.8 Å². The van der Waals surface area contributed by atoms with Crippen molar-refractivity contribution < 1.29 is 0 Å². The highest BCUT2D eigenvalue weighted by atomic mass is 35.5. The zero-order valence-corrected chi connectivity index (χ0v) is 11.5. The summed E-state index contributed by atoms with van der Waals surface area (Å²) in [5.74, 6) is 0.549. The smallest absolute Gasteiger partial charge is 0.172 e. The predicted molar refractivity (Wildman–Crippen MR) is 73.3 cm³/mol. The fraction of sp³-hybridized carbons (Fsp3) is 0.273. The quantitative estimate of drug-likeness (QED) is 0.890. The third-order valence-electron chi connectivity index (χ3n) is 2.09. The topological polar surface area (TPSA) is 37.8 Å². The molecule has 0 radical (unpaired) electrons. The minimum atomic E-state index is 0.224. The van der Waals surface area contributed by atoms with Gasteiger partial charge in [-0.25, -0.2) is 9.97 Å². The SMILES string of the molecule is CC(C)Nc1nc2cc(Cl)c(Cl)cc2nc1Cl. The van der Waals surface area contributed by atoms with E-state index in [1.807, 2.05) is 13.8 Å². The molecular formula is C11H10Cl3N3. The number of halogens is 3. The van der Waals surface area contributed by atoms with Crippen LogP contribution in [-0.2, 0) is 0 Å². The summed E-state index contributed by atoms with van der Waals surface area (Å²) in [6.07, 6.45) is 0. The van der Waals surface area contributed by atoms with E-state index >= 15 is 0 Å². The van der Waals surface area contributed by atoms with E-state index in [9.17, 15) is 0 Å². The molecule has 17 heavy (non-hydrogen) atoms. The Morgan fingerprint density at radius 1 is 1.00 bits per heavy atom. The highest BCUT2D eigenvalue weighted by Crippen LogP contribution is 2.29. The van der Waals surface area contributed by atoms with Crippen molar-refractivity contribution >= 4 is 51.7 Å². The second-order valence-corrected chi connectivity index (χ2v) is 5.09. The maximum Gasteiger partial charge on any atom is 0.172 e. The molecule has 0 aliphatic rings. The maximum absolute atomic E-state index is 6.03. The van der Waals surface area contributed by atoms with Crippen molar-refractivity contribution in [1.29, 1.82) is 0 Å². The van der Waals surface area contributed by atoms with Crippen molar-refractivity contribution in [2.24, 2.45) is 0 Å². The number of nitrogens with zero attached hydrogens (tertiary/aromatic N) is 2. The van der Waals surface area contributed by atoms with Gasteiger partial charge < -0.3 is 5.32 Å². The molecule has 1 N–H and O–H groups in total. The van der Waals surface area contributed by atoms with Gasteiger partial charge >= 0.3 is 0 Å². The van der Waals surface area contributed by atoms with Crippen LogP contribution in [0.4, 0.5) is 5.82 Å². The van der Waals surface area contributed by atoms with Crippen LogP contribution in [-0.4, -0.2) is 16.0 Å². The third-order valence-corrected chi connectivity index (χ3v) is 3.07. The zero-order valence-electron chi connectivity index (χ0n) is 9.26. The van der Waals surface area contributed by atoms with Gasteiger partial charge in [-0.2, -0.15) is 0 Å². The molecule has 0 bridgehead atoms. The summed E-state index contributed by atoms with van der Waals surface area (Å²) in [5.41, 5.74) is 1.28. The summed E-state index contributed by atoms with van der Waals surface area (Å²) < 4.78 is 0. The van der Waals surface area contributed by atoms with E-state index in [-0.39, 0.29) is 6.04 Å². The van der Waals surface area contributed by atoms with Gasteiger partial charge in [0.2, 0.25) is 0 Å². The van der Waals surface area contributed by atoms with Crippen molar-refractivity contribution in [2.45, 2.75) is 19.9 Å². The second-order valence-electron chi connectivity index (χ2n) is 3.92. The van der Waals surface area contributed by atoms with Gasteiger partial charge in [-0.3, -0.25) is 0 Å². The zero-order chi connectivity index (χ0) is 12.6. The first-order chi connectivity index (χ1) is 7.97. The molecule has 0 saturated carbocycles. The van der Waals surface area contributed by atoms with Crippen LogP contribution in [0.15, 0.2) is 12.1 Å². The minimum Gasteiger partial charge on any atom is -0.365 e. The maximum atomic E-state index is 6.03. The van der Waals surface area contributed by atoms with E-state index < -0.39 is 0 Å². The lowest BCUT2D eigenvalue weighted by atomic mass is 10.3. The molecule has 3 nitrogen and oxygen atoms in total. The van der Waals surface area contributed by atoms with Crippen LogP contribution in [0.25, 0.3) is 11.0 Å². The number of nitrogens with one attached hydrogen (secondary N) is 1. The molecule has 0 aliphatic carbocycles. The molecule has 1 heterocycles. The standard InChI is InChI=1S/C11H10Cl3N3/c1-5(2)15-11-10(14)16-8-3-6(12)7(13)4-9(8)17-11/h3-5H,1-2H3,(H,15,17). The Bertz CT molecular complexity index is 569. The Balaban J connectivity index is 2.59. The van der Waals surface area contributed by atoms with Crippen molar-refractivity contribution in [3.05, 3.63) is 27.3 Å². The van der Waals surface area contributed by atoms with Crippen molar-refractivity contribution in [3.63, 3.8) is 0 Å². The summed E-state index contributed by atoms with van der Waals surface area (Å²) >= 11 is 17.9. The molecule has 90 valence electrons. The van der Waals surface area contributed by atoms with Crippen molar-refractivity contribution in [3.8, 4) is 0 Å². The lowest BCUT2D eigenvalue weighted by Crippen LogP contribution is -2.12. The van der Waals surface area contributed by atoms with Crippen LogP contribution in [0.3, 0.4) is 0 Å². The Labute approximate surface area is 114 Å². The normalized spacial score (nSPS) is 11.2. The van der Waals surface area contributed by atoms with Gasteiger partial charge in [-0.05, 0) is 26.0 Å². The lowest BCUT2D eigenvalue weighted by Gasteiger charge is -2.11. The number of aromatic nitrogens is 2. The fourth-order valence-corrected chi connectivity index (χ4v) is 1.90. The number of benzene rings is 1. The first kappa shape index (κ1) is 12.7. The Morgan fingerprint density at radius 3 is 2.06 bits per heavy atom. The molecule has 2 aromatic rings. The number of fused-ring (bicyclic) bond motifs is 1. The Hall–Kier alpha value is -0.770. The van der Waals surface area contributed by atoms with Gasteiger partial charge in [0.15, 0.2) is 11.0 Å². The molecular weight excluding hydrogens is 281 g/mol. The second kappa shape index (κ2) is 4.84. The van der Waals surface area contributed by atoms with Crippen molar-refractivity contribution in [1.82, 2.24) is 9.97 Å². The highest BCUT2D eigenvalue weighted by Gasteiger charge is 2.09. The lowest BCUT2D eigenvalue weighted by molar-refractivity contribution is 0.889. The highest BCUT2D eigenvalue weighted by molar-refractivity contribution is 6.42. The third kappa shape index (κ3) is 2.73. The average Bonchev–Trinajstić information content (AvgIpc) is 2.22. The molecule has 1 aromatic carbocycles.